The van der Waals surface area contributed by atoms with Gasteiger partial charge < -0.3 is 14.8 Å². The lowest BCUT2D eigenvalue weighted by molar-refractivity contribution is -0.131. The Balaban J connectivity index is 2.20. The summed E-state index contributed by atoms with van der Waals surface area (Å²) in [5.41, 5.74) is 0.234. The molecular weight excluding hydrogens is 292 g/mol. The van der Waals surface area contributed by atoms with E-state index in [-0.39, 0.29) is 24.4 Å². The predicted molar refractivity (Wildman–Crippen MR) is 86.7 cm³/mol. The summed E-state index contributed by atoms with van der Waals surface area (Å²) in [5.74, 6) is -2.29. The van der Waals surface area contributed by atoms with Gasteiger partial charge in [-0.2, -0.15) is 5.26 Å². The van der Waals surface area contributed by atoms with Crippen molar-refractivity contribution < 1.29 is 13.0 Å². The number of amides is 1. The molecule has 120 valence electrons. The molecule has 0 radical (unpaired) electrons. The highest BCUT2D eigenvalue weighted by Crippen LogP contribution is 2.28. The SMILES string of the molecule is [2H]c1nc(N(C([2H])([2H])[2H])[C@@]2([2H])CN(C(=O)CC#N)CC[C@]2([2H])C)c2cc[nH]c2n1. The number of anilines is 1. The lowest BCUT2D eigenvalue weighted by atomic mass is 9.92. The van der Waals surface area contributed by atoms with Crippen molar-refractivity contribution in [2.45, 2.75) is 25.8 Å². The summed E-state index contributed by atoms with van der Waals surface area (Å²) in [4.78, 5) is 24.9. The minimum absolute atomic E-state index is 0.0370. The van der Waals surface area contributed by atoms with Crippen LogP contribution in [-0.4, -0.2) is 51.8 Å². The van der Waals surface area contributed by atoms with Gasteiger partial charge in [0.05, 0.1) is 18.8 Å². The molecule has 7 nitrogen and oxygen atoms in total. The van der Waals surface area contributed by atoms with Crippen LogP contribution >= 0.6 is 0 Å². The van der Waals surface area contributed by atoms with E-state index >= 15 is 0 Å². The van der Waals surface area contributed by atoms with Crippen molar-refractivity contribution in [3.05, 3.63) is 18.6 Å². The van der Waals surface area contributed by atoms with Crippen molar-refractivity contribution in [3.8, 4) is 6.07 Å². The summed E-state index contributed by atoms with van der Waals surface area (Å²) in [5, 5.41) is 9.11. The minimum atomic E-state index is -2.89. The summed E-state index contributed by atoms with van der Waals surface area (Å²) in [6, 6.07) is 1.18. The fraction of sp³-hybridized carbons (Fsp3) is 0.500. The molecule has 1 aliphatic rings. The van der Waals surface area contributed by atoms with E-state index in [9.17, 15) is 4.79 Å². The third-order valence-corrected chi connectivity index (χ3v) is 3.94. The largest absolute Gasteiger partial charge is 0.354 e. The van der Waals surface area contributed by atoms with Crippen molar-refractivity contribution in [1.29, 1.82) is 5.26 Å². The lowest BCUT2D eigenvalue weighted by Crippen LogP contribution is -2.52. The molecule has 3 heterocycles. The Hall–Kier alpha value is -2.62. The van der Waals surface area contributed by atoms with Gasteiger partial charge in [-0.25, -0.2) is 9.97 Å². The number of aromatic amines is 1. The number of nitriles is 1. The molecule has 2 aromatic heterocycles. The molecule has 1 aliphatic heterocycles. The molecule has 23 heavy (non-hydrogen) atoms. The average Bonchev–Trinajstić information content (AvgIpc) is 3.05. The van der Waals surface area contributed by atoms with Crippen molar-refractivity contribution in [2.75, 3.05) is 25.0 Å². The summed E-state index contributed by atoms with van der Waals surface area (Å²) in [6.07, 6.45) is 0.716. The van der Waals surface area contributed by atoms with Crippen LogP contribution < -0.4 is 4.90 Å². The number of nitrogens with one attached hydrogen (secondary N) is 1. The monoisotopic (exact) mass is 318 g/mol. The molecule has 0 aliphatic carbocycles. The van der Waals surface area contributed by atoms with Crippen LogP contribution in [0.3, 0.4) is 0 Å². The van der Waals surface area contributed by atoms with Crippen LogP contribution in [0.5, 0.6) is 0 Å². The molecule has 1 N–H and O–H groups in total. The standard InChI is InChI=1S/C16H20N6O/c1-11-5-8-22(14(23)3-6-17)9-13(11)21(2)16-12-4-7-18-15(12)19-10-20-16/h4,7,10-11,13H,3,5,8-9H2,1-2H3,(H,18,19,20)/t11-,13-/m0/s1/i2D3,10D,11D,13D. The first-order valence-electron chi connectivity index (χ1n) is 10.2. The number of likely N-dealkylation sites (N-methyl/N-ethyl adjacent to an activating group) is 1. The Kier molecular flexibility index (Phi) is 2.58. The second kappa shape index (κ2) is 6.24. The zero-order valence-corrected chi connectivity index (χ0v) is 12.6. The van der Waals surface area contributed by atoms with Gasteiger partial charge in [0.2, 0.25) is 5.91 Å². The molecule has 0 bridgehead atoms. The van der Waals surface area contributed by atoms with E-state index in [4.69, 9.17) is 13.5 Å². The van der Waals surface area contributed by atoms with Crippen molar-refractivity contribution >= 4 is 22.8 Å². The summed E-state index contributed by atoms with van der Waals surface area (Å²) >= 11 is 0. The Labute approximate surface area is 143 Å². The number of hydrogen-bond donors (Lipinski definition) is 1. The number of carbonyl (C=O) groups excluding carboxylic acids is 1. The maximum absolute atomic E-state index is 12.3. The highest BCUT2D eigenvalue weighted by Gasteiger charge is 2.32. The highest BCUT2D eigenvalue weighted by atomic mass is 16.2. The number of carbonyl (C=O) groups is 1. The number of nitrogens with zero attached hydrogens (tertiary/aromatic N) is 5. The van der Waals surface area contributed by atoms with Crippen LogP contribution in [0.4, 0.5) is 5.82 Å². The Morgan fingerprint density at radius 1 is 1.74 bits per heavy atom. The molecule has 1 saturated heterocycles. The third-order valence-electron chi connectivity index (χ3n) is 3.94. The second-order valence-electron chi connectivity index (χ2n) is 5.35. The van der Waals surface area contributed by atoms with Crippen LogP contribution in [0, 0.1) is 17.2 Å². The van der Waals surface area contributed by atoms with Gasteiger partial charge in [-0.05, 0) is 18.4 Å². The number of aromatic nitrogens is 3. The topological polar surface area (TPSA) is 88.9 Å². The number of piperidine rings is 1. The van der Waals surface area contributed by atoms with E-state index in [0.717, 1.165) is 4.90 Å². The van der Waals surface area contributed by atoms with Crippen LogP contribution in [0.15, 0.2) is 18.6 Å². The molecule has 3 rings (SSSR count). The van der Waals surface area contributed by atoms with Crippen molar-refractivity contribution in [1.82, 2.24) is 19.9 Å². The molecule has 0 saturated carbocycles. The fourth-order valence-corrected chi connectivity index (χ4v) is 2.61. The number of rotatable bonds is 3. The predicted octanol–water partition coefficient (Wildman–Crippen LogP) is 1.54. The summed E-state index contributed by atoms with van der Waals surface area (Å²) in [6.45, 7) is -1.70. The lowest BCUT2D eigenvalue weighted by Gasteiger charge is -2.42. The fourth-order valence-electron chi connectivity index (χ4n) is 2.61. The van der Waals surface area contributed by atoms with Crippen LogP contribution in [0.1, 0.15) is 28.0 Å². The van der Waals surface area contributed by atoms with Crippen molar-refractivity contribution in [3.63, 3.8) is 0 Å². The molecular formula is C16H20N6O. The molecule has 1 amide bonds. The van der Waals surface area contributed by atoms with E-state index in [1.807, 2.05) is 0 Å². The molecule has 0 spiro atoms. The maximum Gasteiger partial charge on any atom is 0.236 e. The first kappa shape index (κ1) is 9.50. The Morgan fingerprint density at radius 2 is 2.61 bits per heavy atom. The quantitative estimate of drug-likeness (QED) is 0.927. The van der Waals surface area contributed by atoms with Crippen LogP contribution in [0.2, 0.25) is 0 Å². The van der Waals surface area contributed by atoms with E-state index in [1.54, 1.807) is 6.07 Å². The highest BCUT2D eigenvalue weighted by molar-refractivity contribution is 5.87. The minimum Gasteiger partial charge on any atom is -0.354 e. The van der Waals surface area contributed by atoms with Crippen LogP contribution in [0.25, 0.3) is 11.0 Å². The molecule has 2 aromatic rings. The van der Waals surface area contributed by atoms with Gasteiger partial charge >= 0.3 is 0 Å². The van der Waals surface area contributed by atoms with Gasteiger partial charge in [-0.3, -0.25) is 4.79 Å². The summed E-state index contributed by atoms with van der Waals surface area (Å²) < 4.78 is 49.9. The zero-order valence-electron chi connectivity index (χ0n) is 18.6. The van der Waals surface area contributed by atoms with Crippen LogP contribution in [-0.2, 0) is 4.79 Å². The van der Waals surface area contributed by atoms with Gasteiger partial charge in [0.15, 0.2) is 0 Å². The molecule has 0 aromatic carbocycles. The molecule has 1 fully saturated rings. The Morgan fingerprint density at radius 3 is 3.39 bits per heavy atom. The number of hydrogen-bond acceptors (Lipinski definition) is 5. The number of fused-ring (bicyclic) bond motifs is 1. The summed E-state index contributed by atoms with van der Waals surface area (Å²) in [7, 11) is 0. The van der Waals surface area contributed by atoms with E-state index in [1.165, 1.54) is 24.1 Å². The van der Waals surface area contributed by atoms with E-state index < -0.39 is 44.1 Å². The Bertz CT molecular complexity index is 982. The van der Waals surface area contributed by atoms with E-state index in [0.29, 0.717) is 5.39 Å². The van der Waals surface area contributed by atoms with E-state index in [2.05, 4.69) is 15.0 Å². The van der Waals surface area contributed by atoms with Gasteiger partial charge in [-0.1, -0.05) is 6.92 Å². The maximum atomic E-state index is 12.3. The van der Waals surface area contributed by atoms with Crippen molar-refractivity contribution in [2.24, 2.45) is 5.89 Å². The molecule has 0 unspecified atom stereocenters. The second-order valence-corrected chi connectivity index (χ2v) is 5.35. The van der Waals surface area contributed by atoms with Gasteiger partial charge in [0.25, 0.3) is 0 Å². The van der Waals surface area contributed by atoms with Gasteiger partial charge in [0.1, 0.15) is 25.6 Å². The molecule has 7 heteroatoms. The smallest absolute Gasteiger partial charge is 0.236 e. The van der Waals surface area contributed by atoms with Gasteiger partial charge in [0, 0.05) is 31.7 Å². The zero-order chi connectivity index (χ0) is 21.6. The van der Waals surface area contributed by atoms with Gasteiger partial charge in [-0.15, -0.1) is 0 Å². The number of H-pyrrole nitrogens is 1. The first-order valence-corrected chi connectivity index (χ1v) is 7.17. The third kappa shape index (κ3) is 2.84. The normalized spacial score (nSPS) is 31.9. The first-order chi connectivity index (χ1) is 13.4. The molecule has 2 atom stereocenters. The number of likely N-dealkylation sites (tertiary alicyclic amines) is 1. The average molecular weight is 318 g/mol.